The zero-order chi connectivity index (χ0) is 31.8. The number of amidine groups is 1. The van der Waals surface area contributed by atoms with E-state index >= 15 is 0 Å². The van der Waals surface area contributed by atoms with Crippen LogP contribution in [0, 0.1) is 0 Å². The number of aliphatic imine (C=N–C) groups is 2. The molecule has 1 saturated carbocycles. The predicted octanol–water partition coefficient (Wildman–Crippen LogP) is 5.80. The summed E-state index contributed by atoms with van der Waals surface area (Å²) in [5.74, 6) is 0.941. The number of nitrogens with zero attached hydrogens (tertiary/aromatic N) is 8. The van der Waals surface area contributed by atoms with Crippen molar-refractivity contribution in [2.24, 2.45) is 17.0 Å². The van der Waals surface area contributed by atoms with E-state index in [0.717, 1.165) is 24.6 Å². The highest BCUT2D eigenvalue weighted by Crippen LogP contribution is 2.42. The van der Waals surface area contributed by atoms with Crippen molar-refractivity contribution in [3.63, 3.8) is 0 Å². The number of allylic oxidation sites excluding steroid dienone is 1. The van der Waals surface area contributed by atoms with Gasteiger partial charge in [0, 0.05) is 44.4 Å². The van der Waals surface area contributed by atoms with Crippen LogP contribution in [-0.2, 0) is 19.8 Å². The second-order valence-electron chi connectivity index (χ2n) is 10.6. The van der Waals surface area contributed by atoms with Crippen LogP contribution < -0.4 is 4.74 Å². The van der Waals surface area contributed by atoms with Crippen LogP contribution in [0.15, 0.2) is 58.3 Å². The Kier molecular flexibility index (Phi) is 8.40. The van der Waals surface area contributed by atoms with Crippen LogP contribution in [0.4, 0.5) is 26.3 Å². The topological polar surface area (TPSA) is 84.0 Å². The van der Waals surface area contributed by atoms with Crippen molar-refractivity contribution in [3.8, 4) is 17.3 Å². The average Bonchev–Trinajstić information content (AvgIpc) is 3.74. The van der Waals surface area contributed by atoms with Crippen LogP contribution in [0.3, 0.4) is 0 Å². The van der Waals surface area contributed by atoms with Crippen molar-refractivity contribution in [3.05, 3.63) is 70.8 Å². The lowest BCUT2D eigenvalue weighted by molar-refractivity contribution is -0.143. The maximum absolute atomic E-state index is 13.5. The Labute approximate surface area is 249 Å². The number of halogens is 6. The van der Waals surface area contributed by atoms with Crippen LogP contribution in [0.5, 0.6) is 5.88 Å². The van der Waals surface area contributed by atoms with Crippen LogP contribution in [0.25, 0.3) is 11.4 Å². The fourth-order valence-electron chi connectivity index (χ4n) is 5.14. The smallest absolute Gasteiger partial charge is 0.434 e. The molecular formula is C29H30F6N8O. The first-order chi connectivity index (χ1) is 20.8. The number of hydrogen-bond donors (Lipinski definition) is 0. The monoisotopic (exact) mass is 620 g/mol. The lowest BCUT2D eigenvalue weighted by Crippen LogP contribution is -2.44. The summed E-state index contributed by atoms with van der Waals surface area (Å²) in [4.78, 5) is 24.3. The van der Waals surface area contributed by atoms with Gasteiger partial charge < -0.3 is 19.1 Å². The van der Waals surface area contributed by atoms with Crippen molar-refractivity contribution in [1.29, 1.82) is 0 Å². The molecule has 2 aliphatic rings. The SMILES string of the molecule is C=NC(=NC1=C(C)N(CC(F)(F)F)CCN1Cc1ccc(-c2nc(C(F)(F)F)cn2C)cc1)c1c(OC)ncnc1C1CC1. The number of aryl methyl sites for hydroxylation is 1. The summed E-state index contributed by atoms with van der Waals surface area (Å²) < 4.78 is 86.6. The minimum absolute atomic E-state index is 0.0951. The van der Waals surface area contributed by atoms with Gasteiger partial charge in [0.05, 0.1) is 18.5 Å². The van der Waals surface area contributed by atoms with Crippen molar-refractivity contribution >= 4 is 12.6 Å². The molecule has 0 unspecified atom stereocenters. The fourth-order valence-corrected chi connectivity index (χ4v) is 5.14. The summed E-state index contributed by atoms with van der Waals surface area (Å²) >= 11 is 0. The number of ether oxygens (including phenoxy) is 1. The first-order valence-corrected chi connectivity index (χ1v) is 13.7. The average molecular weight is 621 g/mol. The zero-order valence-electron chi connectivity index (χ0n) is 24.2. The van der Waals surface area contributed by atoms with E-state index in [1.165, 1.54) is 30.0 Å². The van der Waals surface area contributed by atoms with Crippen LogP contribution in [0.2, 0.25) is 0 Å². The van der Waals surface area contributed by atoms with Gasteiger partial charge in [0.15, 0.2) is 17.4 Å². The van der Waals surface area contributed by atoms with Gasteiger partial charge in [-0.1, -0.05) is 24.3 Å². The van der Waals surface area contributed by atoms with Gasteiger partial charge in [0.25, 0.3) is 0 Å². The Morgan fingerprint density at radius 1 is 1.05 bits per heavy atom. The highest BCUT2D eigenvalue weighted by molar-refractivity contribution is 6.04. The molecule has 5 rings (SSSR count). The third-order valence-electron chi connectivity index (χ3n) is 7.44. The van der Waals surface area contributed by atoms with Gasteiger partial charge in [-0.3, -0.25) is 0 Å². The van der Waals surface area contributed by atoms with E-state index in [0.29, 0.717) is 22.5 Å². The number of methoxy groups -OCH3 is 1. The number of aromatic nitrogens is 4. The van der Waals surface area contributed by atoms with Crippen molar-refractivity contribution < 1.29 is 31.1 Å². The van der Waals surface area contributed by atoms with Gasteiger partial charge in [-0.05, 0) is 32.0 Å². The molecule has 3 aromatic rings. The molecule has 0 radical (unpaired) electrons. The molecular weight excluding hydrogens is 590 g/mol. The molecule has 0 bridgehead atoms. The molecule has 3 heterocycles. The second kappa shape index (κ2) is 11.9. The van der Waals surface area contributed by atoms with E-state index in [1.54, 1.807) is 31.2 Å². The second-order valence-corrected chi connectivity index (χ2v) is 10.6. The molecule has 0 atom stereocenters. The lowest BCUT2D eigenvalue weighted by Gasteiger charge is -2.38. The van der Waals surface area contributed by atoms with Crippen LogP contribution >= 0.6 is 0 Å². The van der Waals surface area contributed by atoms with Gasteiger partial charge in [-0.2, -0.15) is 26.3 Å². The molecule has 0 spiro atoms. The quantitative estimate of drug-likeness (QED) is 0.180. The summed E-state index contributed by atoms with van der Waals surface area (Å²) in [6.45, 7) is 4.66. The maximum atomic E-state index is 13.5. The molecule has 9 nitrogen and oxygen atoms in total. The Morgan fingerprint density at radius 2 is 1.73 bits per heavy atom. The molecule has 2 aromatic heterocycles. The van der Waals surface area contributed by atoms with Crippen LogP contribution in [-0.4, -0.2) is 74.8 Å². The number of imidazole rings is 1. The van der Waals surface area contributed by atoms with Gasteiger partial charge >= 0.3 is 12.4 Å². The molecule has 0 N–H and O–H groups in total. The van der Waals surface area contributed by atoms with E-state index in [9.17, 15) is 26.3 Å². The molecule has 44 heavy (non-hydrogen) atoms. The Morgan fingerprint density at radius 3 is 2.30 bits per heavy atom. The summed E-state index contributed by atoms with van der Waals surface area (Å²) in [6, 6.07) is 6.79. The first-order valence-electron chi connectivity index (χ1n) is 13.7. The third kappa shape index (κ3) is 6.70. The number of benzene rings is 1. The third-order valence-corrected chi connectivity index (χ3v) is 7.44. The molecule has 1 aromatic carbocycles. The highest BCUT2D eigenvalue weighted by Gasteiger charge is 2.36. The van der Waals surface area contributed by atoms with E-state index in [-0.39, 0.29) is 48.9 Å². The van der Waals surface area contributed by atoms with Gasteiger partial charge in [-0.25, -0.2) is 24.9 Å². The normalized spacial score (nSPS) is 16.5. The zero-order valence-corrected chi connectivity index (χ0v) is 24.2. The summed E-state index contributed by atoms with van der Waals surface area (Å²) in [6.07, 6.45) is -4.86. The number of alkyl halides is 6. The van der Waals surface area contributed by atoms with E-state index in [2.05, 4.69) is 26.7 Å². The molecule has 1 aliphatic carbocycles. The lowest BCUT2D eigenvalue weighted by atomic mass is 10.1. The summed E-state index contributed by atoms with van der Waals surface area (Å²) in [5.41, 5.74) is 1.68. The molecule has 0 amide bonds. The Balaban J connectivity index is 1.50. The minimum atomic E-state index is -4.57. The first kappa shape index (κ1) is 31.0. The van der Waals surface area contributed by atoms with Gasteiger partial charge in [-0.15, -0.1) is 0 Å². The van der Waals surface area contributed by atoms with Gasteiger partial charge in [0.2, 0.25) is 5.88 Å². The van der Waals surface area contributed by atoms with Crippen molar-refractivity contribution in [2.75, 3.05) is 26.7 Å². The number of rotatable bonds is 8. The Hall–Kier alpha value is -4.43. The van der Waals surface area contributed by atoms with Gasteiger partial charge in [0.1, 0.15) is 24.3 Å². The van der Waals surface area contributed by atoms with Crippen molar-refractivity contribution in [1.82, 2.24) is 29.3 Å². The standard InChI is InChI=1S/C29H30F6N8O/c1-17-25(40-24(36-2)22-23(19-9-10-19)37-16-38-27(22)44-4)42(11-12-43(17)15-28(30,31)32)13-18-5-7-20(8-6-18)26-39-21(14-41(26)3)29(33,34)35/h5-8,14,16,19H,2,9-13,15H2,1,3-4H3. The highest BCUT2D eigenvalue weighted by atomic mass is 19.4. The fraction of sp³-hybridized carbons (Fsp3) is 0.414. The molecule has 15 heteroatoms. The van der Waals surface area contributed by atoms with Crippen LogP contribution in [0.1, 0.15) is 48.2 Å². The summed E-state index contributed by atoms with van der Waals surface area (Å²) in [7, 11) is 2.93. The maximum Gasteiger partial charge on any atom is 0.434 e. The molecule has 1 fully saturated rings. The number of hydrogen-bond acceptors (Lipinski definition) is 7. The molecule has 234 valence electrons. The largest absolute Gasteiger partial charge is 0.480 e. The molecule has 0 saturated heterocycles. The molecule has 1 aliphatic heterocycles. The Bertz CT molecular complexity index is 1590. The van der Waals surface area contributed by atoms with Crippen molar-refractivity contribution in [2.45, 2.75) is 44.6 Å². The summed E-state index contributed by atoms with van der Waals surface area (Å²) in [5, 5.41) is 0. The van der Waals surface area contributed by atoms with E-state index < -0.39 is 24.6 Å². The minimum Gasteiger partial charge on any atom is -0.480 e. The van der Waals surface area contributed by atoms with E-state index in [1.807, 2.05) is 4.90 Å². The van der Waals surface area contributed by atoms with E-state index in [4.69, 9.17) is 9.73 Å². The predicted molar refractivity (Wildman–Crippen MR) is 151 cm³/mol.